The highest BCUT2D eigenvalue weighted by atomic mass is 35.5. The molecule has 0 atom stereocenters. The Bertz CT molecular complexity index is 655. The second kappa shape index (κ2) is 6.60. The van der Waals surface area contributed by atoms with Gasteiger partial charge in [0.15, 0.2) is 0 Å². The number of aromatic nitrogens is 2. The SMILES string of the molecule is COCCn1ncc(Cl)c1C(=O)c1ccc(OC)cc1N. The van der Waals surface area contributed by atoms with Crippen LogP contribution in [0.2, 0.25) is 5.02 Å². The second-order valence-corrected chi connectivity index (χ2v) is 4.75. The molecule has 2 aromatic rings. The van der Waals surface area contributed by atoms with Crippen LogP contribution in [-0.2, 0) is 11.3 Å². The van der Waals surface area contributed by atoms with Crippen molar-refractivity contribution in [2.45, 2.75) is 6.54 Å². The molecule has 2 N–H and O–H groups in total. The van der Waals surface area contributed by atoms with Gasteiger partial charge in [-0.1, -0.05) is 11.6 Å². The average Bonchev–Trinajstić information content (AvgIpc) is 2.85. The Balaban J connectivity index is 2.38. The lowest BCUT2D eigenvalue weighted by atomic mass is 10.1. The molecule has 1 aromatic carbocycles. The van der Waals surface area contributed by atoms with E-state index in [9.17, 15) is 4.79 Å². The van der Waals surface area contributed by atoms with Crippen LogP contribution in [0.1, 0.15) is 16.1 Å². The largest absolute Gasteiger partial charge is 0.497 e. The molecule has 0 unspecified atom stereocenters. The lowest BCUT2D eigenvalue weighted by Gasteiger charge is -2.09. The van der Waals surface area contributed by atoms with Crippen molar-refractivity contribution in [2.75, 3.05) is 26.6 Å². The van der Waals surface area contributed by atoms with E-state index in [2.05, 4.69) is 5.10 Å². The van der Waals surface area contributed by atoms with Gasteiger partial charge in [-0.05, 0) is 12.1 Å². The van der Waals surface area contributed by atoms with Crippen molar-refractivity contribution in [1.82, 2.24) is 9.78 Å². The first-order valence-corrected chi connectivity index (χ1v) is 6.64. The number of ketones is 1. The molecular formula is C14H16ClN3O3. The van der Waals surface area contributed by atoms with Crippen LogP contribution < -0.4 is 10.5 Å². The van der Waals surface area contributed by atoms with E-state index >= 15 is 0 Å². The maximum absolute atomic E-state index is 12.6. The molecule has 1 heterocycles. The molecule has 0 saturated carbocycles. The quantitative estimate of drug-likeness (QED) is 0.652. The van der Waals surface area contributed by atoms with E-state index in [1.165, 1.54) is 18.0 Å². The van der Waals surface area contributed by atoms with Gasteiger partial charge in [0.05, 0.1) is 31.5 Å². The van der Waals surface area contributed by atoms with Crippen LogP contribution >= 0.6 is 11.6 Å². The maximum Gasteiger partial charge on any atom is 0.214 e. The van der Waals surface area contributed by atoms with Gasteiger partial charge in [0.2, 0.25) is 5.78 Å². The summed E-state index contributed by atoms with van der Waals surface area (Å²) in [7, 11) is 3.11. The van der Waals surface area contributed by atoms with Crippen LogP contribution in [-0.4, -0.2) is 36.4 Å². The van der Waals surface area contributed by atoms with Crippen LogP contribution in [0.4, 0.5) is 5.69 Å². The smallest absolute Gasteiger partial charge is 0.214 e. The Hall–Kier alpha value is -2.05. The fourth-order valence-electron chi connectivity index (χ4n) is 1.94. The molecule has 0 fully saturated rings. The van der Waals surface area contributed by atoms with E-state index < -0.39 is 0 Å². The van der Waals surface area contributed by atoms with Crippen molar-refractivity contribution in [2.24, 2.45) is 0 Å². The van der Waals surface area contributed by atoms with Crippen molar-refractivity contribution in [3.8, 4) is 5.75 Å². The van der Waals surface area contributed by atoms with Gasteiger partial charge in [-0.15, -0.1) is 0 Å². The summed E-state index contributed by atoms with van der Waals surface area (Å²) in [5.41, 5.74) is 6.89. The van der Waals surface area contributed by atoms with Crippen LogP contribution in [0.15, 0.2) is 24.4 Å². The number of carbonyl (C=O) groups excluding carboxylic acids is 1. The zero-order valence-electron chi connectivity index (χ0n) is 11.8. The van der Waals surface area contributed by atoms with E-state index in [-0.39, 0.29) is 10.8 Å². The summed E-state index contributed by atoms with van der Waals surface area (Å²) in [6, 6.07) is 4.88. The van der Waals surface area contributed by atoms with Crippen LogP contribution in [0, 0.1) is 0 Å². The lowest BCUT2D eigenvalue weighted by Crippen LogP contribution is -2.15. The van der Waals surface area contributed by atoms with Gasteiger partial charge >= 0.3 is 0 Å². The molecular weight excluding hydrogens is 294 g/mol. The number of benzene rings is 1. The zero-order chi connectivity index (χ0) is 15.4. The summed E-state index contributed by atoms with van der Waals surface area (Å²) in [5.74, 6) is 0.303. The van der Waals surface area contributed by atoms with Crippen molar-refractivity contribution in [3.63, 3.8) is 0 Å². The molecule has 0 bridgehead atoms. The van der Waals surface area contributed by atoms with Crippen molar-refractivity contribution in [3.05, 3.63) is 40.7 Å². The van der Waals surface area contributed by atoms with E-state index in [0.29, 0.717) is 35.8 Å². The molecule has 1 aromatic heterocycles. The zero-order valence-corrected chi connectivity index (χ0v) is 12.6. The number of methoxy groups -OCH3 is 2. The van der Waals surface area contributed by atoms with Gasteiger partial charge in [-0.2, -0.15) is 5.10 Å². The first-order valence-electron chi connectivity index (χ1n) is 6.27. The Morgan fingerprint density at radius 1 is 1.43 bits per heavy atom. The fourth-order valence-corrected chi connectivity index (χ4v) is 2.16. The third kappa shape index (κ3) is 3.17. The van der Waals surface area contributed by atoms with Crippen LogP contribution in [0.25, 0.3) is 0 Å². The highest BCUT2D eigenvalue weighted by molar-refractivity contribution is 6.34. The number of halogens is 1. The topological polar surface area (TPSA) is 79.4 Å². The first kappa shape index (κ1) is 15.3. The molecule has 7 heteroatoms. The lowest BCUT2D eigenvalue weighted by molar-refractivity contribution is 0.102. The fraction of sp³-hybridized carbons (Fsp3) is 0.286. The van der Waals surface area contributed by atoms with Crippen molar-refractivity contribution in [1.29, 1.82) is 0 Å². The third-order valence-electron chi connectivity index (χ3n) is 3.02. The Labute approximate surface area is 127 Å². The Morgan fingerprint density at radius 3 is 2.81 bits per heavy atom. The van der Waals surface area contributed by atoms with E-state index in [4.69, 9.17) is 26.8 Å². The van der Waals surface area contributed by atoms with Gasteiger partial charge < -0.3 is 15.2 Å². The molecule has 0 aliphatic carbocycles. The normalized spacial score (nSPS) is 10.6. The summed E-state index contributed by atoms with van der Waals surface area (Å²) < 4.78 is 11.6. The van der Waals surface area contributed by atoms with Gasteiger partial charge in [-0.25, -0.2) is 0 Å². The van der Waals surface area contributed by atoms with Crippen LogP contribution in [0.3, 0.4) is 0 Å². The maximum atomic E-state index is 12.6. The van der Waals surface area contributed by atoms with E-state index in [1.807, 2.05) is 0 Å². The number of hydrogen-bond donors (Lipinski definition) is 1. The van der Waals surface area contributed by atoms with Crippen LogP contribution in [0.5, 0.6) is 5.75 Å². The Morgan fingerprint density at radius 2 is 2.19 bits per heavy atom. The Kier molecular flexibility index (Phi) is 4.82. The number of rotatable bonds is 6. The molecule has 0 radical (unpaired) electrons. The molecule has 21 heavy (non-hydrogen) atoms. The minimum Gasteiger partial charge on any atom is -0.497 e. The molecule has 0 amide bonds. The van der Waals surface area contributed by atoms with E-state index in [0.717, 1.165) is 0 Å². The standard InChI is InChI=1S/C14H16ClN3O3/c1-20-6-5-18-13(11(15)8-17-18)14(19)10-4-3-9(21-2)7-12(10)16/h3-4,7-8H,5-6,16H2,1-2H3. The predicted molar refractivity (Wildman–Crippen MR) is 80.0 cm³/mol. The predicted octanol–water partition coefficient (Wildman–Crippen LogP) is 2.00. The molecule has 2 rings (SSSR count). The van der Waals surface area contributed by atoms with Gasteiger partial charge in [-0.3, -0.25) is 9.48 Å². The molecule has 0 aliphatic heterocycles. The second-order valence-electron chi connectivity index (χ2n) is 4.34. The number of nitrogens with two attached hydrogens (primary N) is 1. The highest BCUT2D eigenvalue weighted by Crippen LogP contribution is 2.25. The van der Waals surface area contributed by atoms with Gasteiger partial charge in [0, 0.05) is 24.4 Å². The molecule has 0 saturated heterocycles. The number of hydrogen-bond acceptors (Lipinski definition) is 5. The number of carbonyl (C=O) groups is 1. The molecule has 0 aliphatic rings. The molecule has 6 nitrogen and oxygen atoms in total. The van der Waals surface area contributed by atoms with Gasteiger partial charge in [0.25, 0.3) is 0 Å². The number of nitrogens with zero attached hydrogens (tertiary/aromatic N) is 2. The third-order valence-corrected chi connectivity index (χ3v) is 3.30. The number of ether oxygens (including phenoxy) is 2. The minimum atomic E-state index is -0.284. The summed E-state index contributed by atoms with van der Waals surface area (Å²) in [5, 5.41) is 4.37. The van der Waals surface area contributed by atoms with Gasteiger partial charge in [0.1, 0.15) is 11.4 Å². The monoisotopic (exact) mass is 309 g/mol. The molecule has 112 valence electrons. The summed E-state index contributed by atoms with van der Waals surface area (Å²) >= 11 is 6.07. The van der Waals surface area contributed by atoms with Crippen molar-refractivity contribution < 1.29 is 14.3 Å². The highest BCUT2D eigenvalue weighted by Gasteiger charge is 2.21. The minimum absolute atomic E-state index is 0.284. The van der Waals surface area contributed by atoms with E-state index in [1.54, 1.807) is 25.3 Å². The summed E-state index contributed by atoms with van der Waals surface area (Å²) in [4.78, 5) is 12.6. The number of nitrogen functional groups attached to an aromatic ring is 1. The summed E-state index contributed by atoms with van der Waals surface area (Å²) in [6.07, 6.45) is 1.43. The molecule has 0 spiro atoms. The number of anilines is 1. The summed E-state index contributed by atoms with van der Waals surface area (Å²) in [6.45, 7) is 0.858. The first-order chi connectivity index (χ1) is 10.1. The average molecular weight is 310 g/mol. The van der Waals surface area contributed by atoms with Crippen molar-refractivity contribution >= 4 is 23.1 Å².